The first kappa shape index (κ1) is 54.1. The molecular weight excluding hydrogens is 693 g/mol. The van der Waals surface area contributed by atoms with E-state index in [1.165, 1.54) is 161 Å². The van der Waals surface area contributed by atoms with Gasteiger partial charge in [-0.1, -0.05) is 205 Å². The Morgan fingerprint density at radius 3 is 1.29 bits per heavy atom. The highest BCUT2D eigenvalue weighted by Crippen LogP contribution is 2.14. The number of rotatable bonds is 45. The first-order valence-electron chi connectivity index (χ1n) is 24.5. The van der Waals surface area contributed by atoms with E-state index in [1.54, 1.807) is 0 Å². The summed E-state index contributed by atoms with van der Waals surface area (Å²) in [5.74, 6) is -0.407. The van der Waals surface area contributed by atoms with Crippen LogP contribution in [0.4, 0.5) is 0 Å². The zero-order valence-electron chi connectivity index (χ0n) is 37.7. The Bertz CT molecular complexity index is 893. The molecule has 5 nitrogen and oxygen atoms in total. The fourth-order valence-corrected chi connectivity index (χ4v) is 6.93. The summed E-state index contributed by atoms with van der Waals surface area (Å²) in [6, 6.07) is 0. The predicted molar refractivity (Wildman–Crippen MR) is 242 cm³/mol. The van der Waals surface area contributed by atoms with E-state index in [1.807, 2.05) is 0 Å². The molecule has 0 aromatic rings. The molecule has 1 unspecified atom stereocenters. The number of ether oxygens (including phenoxy) is 3. The maximum Gasteiger partial charge on any atom is 0.306 e. The second-order valence-corrected chi connectivity index (χ2v) is 16.4. The van der Waals surface area contributed by atoms with Crippen molar-refractivity contribution < 1.29 is 23.8 Å². The van der Waals surface area contributed by atoms with Crippen LogP contribution in [0.2, 0.25) is 0 Å². The molecule has 5 heteroatoms. The van der Waals surface area contributed by atoms with Crippen LogP contribution in [0.3, 0.4) is 0 Å². The van der Waals surface area contributed by atoms with Crippen molar-refractivity contribution in [3.63, 3.8) is 0 Å². The lowest BCUT2D eigenvalue weighted by Gasteiger charge is -2.18. The quantitative estimate of drug-likeness (QED) is 0.0349. The molecule has 0 heterocycles. The van der Waals surface area contributed by atoms with Gasteiger partial charge in [-0.25, -0.2) is 0 Å². The summed E-state index contributed by atoms with van der Waals surface area (Å²) in [4.78, 5) is 25.3. The lowest BCUT2D eigenvalue weighted by Crippen LogP contribution is -2.30. The van der Waals surface area contributed by atoms with E-state index in [9.17, 15) is 9.59 Å². The molecule has 56 heavy (non-hydrogen) atoms. The van der Waals surface area contributed by atoms with Gasteiger partial charge in [0.25, 0.3) is 0 Å². The van der Waals surface area contributed by atoms with E-state index in [0.717, 1.165) is 57.8 Å². The van der Waals surface area contributed by atoms with Crippen molar-refractivity contribution in [1.29, 1.82) is 0 Å². The number of esters is 2. The van der Waals surface area contributed by atoms with Crippen molar-refractivity contribution in [2.45, 2.75) is 258 Å². The number of allylic oxidation sites excluding steroid dienone is 6. The molecule has 0 amide bonds. The number of carbonyl (C=O) groups is 2. The number of carbonyl (C=O) groups excluding carboxylic acids is 2. The number of unbranched alkanes of at least 4 members (excludes halogenated alkanes) is 28. The van der Waals surface area contributed by atoms with Crippen molar-refractivity contribution >= 4 is 11.9 Å². The van der Waals surface area contributed by atoms with E-state index in [0.29, 0.717) is 19.4 Å². The molecular formula is C51H94O5. The molecule has 0 saturated carbocycles. The van der Waals surface area contributed by atoms with Gasteiger partial charge in [-0.2, -0.15) is 0 Å². The van der Waals surface area contributed by atoms with Crippen LogP contribution in [-0.4, -0.2) is 37.9 Å². The van der Waals surface area contributed by atoms with E-state index in [2.05, 4.69) is 57.2 Å². The van der Waals surface area contributed by atoms with Gasteiger partial charge in [0.15, 0.2) is 6.10 Å². The highest BCUT2D eigenvalue weighted by molar-refractivity contribution is 5.70. The highest BCUT2D eigenvalue weighted by Gasteiger charge is 2.17. The molecule has 0 aliphatic carbocycles. The molecule has 1 atom stereocenters. The summed E-state index contributed by atoms with van der Waals surface area (Å²) in [6.45, 7) is 7.78. The van der Waals surface area contributed by atoms with Crippen LogP contribution < -0.4 is 0 Å². The molecule has 0 aromatic carbocycles. The van der Waals surface area contributed by atoms with Gasteiger partial charge in [-0.05, 0) is 70.6 Å². The first-order valence-corrected chi connectivity index (χ1v) is 24.5. The minimum atomic E-state index is -0.537. The molecule has 328 valence electrons. The monoisotopic (exact) mass is 787 g/mol. The van der Waals surface area contributed by atoms with E-state index in [4.69, 9.17) is 14.2 Å². The highest BCUT2D eigenvalue weighted by atomic mass is 16.6. The van der Waals surface area contributed by atoms with Crippen molar-refractivity contribution in [1.82, 2.24) is 0 Å². The summed E-state index contributed by atoms with van der Waals surface area (Å²) in [5, 5.41) is 0. The van der Waals surface area contributed by atoms with Crippen LogP contribution in [0, 0.1) is 0 Å². The first-order chi connectivity index (χ1) is 27.6. The maximum absolute atomic E-state index is 12.7. The molecule has 0 rings (SSSR count). The molecule has 0 saturated heterocycles. The van der Waals surface area contributed by atoms with Crippen LogP contribution in [0.25, 0.3) is 0 Å². The zero-order valence-corrected chi connectivity index (χ0v) is 37.7. The SMILES string of the molecule is CCCC/C=C\CCCCCCCC(=O)OC(COCCCCCCCCCCCCCC)COC(=O)CCCCCCCCC/C=C\C/C=C\CCCCC. The Labute approximate surface area is 349 Å². The van der Waals surface area contributed by atoms with Gasteiger partial charge < -0.3 is 14.2 Å². The fraction of sp³-hybridized carbons (Fsp3) is 0.843. The van der Waals surface area contributed by atoms with E-state index >= 15 is 0 Å². The third-order valence-electron chi connectivity index (χ3n) is 10.6. The minimum absolute atomic E-state index is 0.0818. The molecule has 0 spiro atoms. The summed E-state index contributed by atoms with van der Waals surface area (Å²) >= 11 is 0. The lowest BCUT2D eigenvalue weighted by molar-refractivity contribution is -0.163. The van der Waals surface area contributed by atoms with Gasteiger partial charge in [0.05, 0.1) is 6.61 Å². The molecule has 0 radical (unpaired) electrons. The number of hydrogen-bond acceptors (Lipinski definition) is 5. The van der Waals surface area contributed by atoms with Gasteiger partial charge in [0.1, 0.15) is 6.61 Å². The molecule has 0 aliphatic rings. The second-order valence-electron chi connectivity index (χ2n) is 16.4. The standard InChI is InChI=1S/C51H94O5/c1-4-7-10-13-16-19-22-24-25-26-27-28-30-32-35-38-41-44-50(52)55-48-49(47-54-46-43-40-37-34-31-23-20-17-14-11-8-5-2)56-51(53)45-42-39-36-33-29-21-18-15-12-9-6-3/h15-16,18-19,24-25,49H,4-14,17,20-23,26-48H2,1-3H3/b18-15-,19-16-,25-24-. The molecule has 0 bridgehead atoms. The third-order valence-corrected chi connectivity index (χ3v) is 10.6. The average Bonchev–Trinajstić information content (AvgIpc) is 3.20. The molecule has 0 aliphatic heterocycles. The Morgan fingerprint density at radius 2 is 0.768 bits per heavy atom. The Morgan fingerprint density at radius 1 is 0.393 bits per heavy atom. The average molecular weight is 787 g/mol. The fourth-order valence-electron chi connectivity index (χ4n) is 6.93. The normalized spacial score (nSPS) is 12.4. The molecule has 0 fully saturated rings. The van der Waals surface area contributed by atoms with Gasteiger partial charge >= 0.3 is 11.9 Å². The lowest BCUT2D eigenvalue weighted by atomic mass is 10.1. The van der Waals surface area contributed by atoms with Crippen LogP contribution in [0.15, 0.2) is 36.5 Å². The van der Waals surface area contributed by atoms with Crippen molar-refractivity contribution in [3.05, 3.63) is 36.5 Å². The van der Waals surface area contributed by atoms with Crippen LogP contribution >= 0.6 is 0 Å². The van der Waals surface area contributed by atoms with Crippen molar-refractivity contribution in [3.8, 4) is 0 Å². The van der Waals surface area contributed by atoms with Crippen LogP contribution in [0.5, 0.6) is 0 Å². The Hall–Kier alpha value is -1.88. The largest absolute Gasteiger partial charge is 0.462 e. The molecule has 0 aromatic heterocycles. The maximum atomic E-state index is 12.7. The van der Waals surface area contributed by atoms with E-state index < -0.39 is 6.10 Å². The zero-order chi connectivity index (χ0) is 40.7. The second kappa shape index (κ2) is 47.5. The van der Waals surface area contributed by atoms with Gasteiger partial charge in [0, 0.05) is 19.4 Å². The topological polar surface area (TPSA) is 61.8 Å². The predicted octanol–water partition coefficient (Wildman–Crippen LogP) is 16.2. The van der Waals surface area contributed by atoms with Crippen molar-refractivity contribution in [2.24, 2.45) is 0 Å². The van der Waals surface area contributed by atoms with Gasteiger partial charge in [-0.15, -0.1) is 0 Å². The van der Waals surface area contributed by atoms with Crippen LogP contribution in [-0.2, 0) is 23.8 Å². The summed E-state index contributed by atoms with van der Waals surface area (Å²) in [7, 11) is 0. The Kier molecular flexibility index (Phi) is 45.9. The Balaban J connectivity index is 4.22. The van der Waals surface area contributed by atoms with E-state index in [-0.39, 0.29) is 25.2 Å². The summed E-state index contributed by atoms with van der Waals surface area (Å²) < 4.78 is 17.3. The smallest absolute Gasteiger partial charge is 0.306 e. The van der Waals surface area contributed by atoms with Crippen molar-refractivity contribution in [2.75, 3.05) is 19.8 Å². The van der Waals surface area contributed by atoms with Gasteiger partial charge in [0.2, 0.25) is 0 Å². The minimum Gasteiger partial charge on any atom is -0.462 e. The molecule has 0 N–H and O–H groups in total. The summed E-state index contributed by atoms with van der Waals surface area (Å²) in [5.41, 5.74) is 0. The number of hydrogen-bond donors (Lipinski definition) is 0. The van der Waals surface area contributed by atoms with Gasteiger partial charge in [-0.3, -0.25) is 9.59 Å². The third kappa shape index (κ3) is 44.8. The summed E-state index contributed by atoms with van der Waals surface area (Å²) in [6.07, 6.45) is 55.7. The van der Waals surface area contributed by atoms with Crippen LogP contribution in [0.1, 0.15) is 252 Å².